The molecule has 0 spiro atoms. The molecular formula is C10H20N2O2. The molecule has 1 rings (SSSR count). The first-order valence-electron chi connectivity index (χ1n) is 5.18. The van der Waals surface area contributed by atoms with Gasteiger partial charge in [-0.15, -0.1) is 0 Å². The maximum Gasteiger partial charge on any atom is 0.248 e. The number of carbonyl (C=O) groups is 1. The van der Waals surface area contributed by atoms with E-state index < -0.39 is 0 Å². The minimum atomic E-state index is 0.113. The number of amides is 1. The summed E-state index contributed by atoms with van der Waals surface area (Å²) in [4.78, 5) is 16.6. The minimum absolute atomic E-state index is 0.113. The highest BCUT2D eigenvalue weighted by Gasteiger charge is 2.27. The van der Waals surface area contributed by atoms with Gasteiger partial charge in [-0.05, 0) is 32.7 Å². The molecule has 1 aliphatic carbocycles. The molecule has 82 valence electrons. The molecule has 14 heavy (non-hydrogen) atoms. The molecule has 4 nitrogen and oxygen atoms in total. The Bertz CT molecular complexity index is 189. The van der Waals surface area contributed by atoms with E-state index in [1.165, 1.54) is 12.2 Å². The highest BCUT2D eigenvalue weighted by Crippen LogP contribution is 2.25. The van der Waals surface area contributed by atoms with Crippen LogP contribution in [0, 0.1) is 5.92 Å². The third kappa shape index (κ3) is 2.69. The van der Waals surface area contributed by atoms with E-state index in [1.807, 2.05) is 7.05 Å². The van der Waals surface area contributed by atoms with Crippen LogP contribution in [0.5, 0.6) is 0 Å². The molecule has 1 aliphatic rings. The van der Waals surface area contributed by atoms with Gasteiger partial charge < -0.3 is 5.32 Å². The van der Waals surface area contributed by atoms with Crippen LogP contribution in [0.4, 0.5) is 0 Å². The van der Waals surface area contributed by atoms with Gasteiger partial charge in [0.15, 0.2) is 0 Å². The van der Waals surface area contributed by atoms with Crippen LogP contribution in [0.3, 0.4) is 0 Å². The van der Waals surface area contributed by atoms with Crippen LogP contribution in [0.15, 0.2) is 0 Å². The van der Waals surface area contributed by atoms with Crippen molar-refractivity contribution in [3.8, 4) is 0 Å². The molecule has 1 fully saturated rings. The van der Waals surface area contributed by atoms with Crippen molar-refractivity contribution >= 4 is 5.91 Å². The summed E-state index contributed by atoms with van der Waals surface area (Å²) in [5.74, 6) is 0.270. The summed E-state index contributed by atoms with van der Waals surface area (Å²) < 4.78 is 0. The topological polar surface area (TPSA) is 41.6 Å². The smallest absolute Gasteiger partial charge is 0.248 e. The molecule has 4 heteroatoms. The Morgan fingerprint density at radius 3 is 2.36 bits per heavy atom. The van der Waals surface area contributed by atoms with Gasteiger partial charge in [0.05, 0.1) is 7.11 Å². The normalized spacial score (nSPS) is 27.4. The Labute approximate surface area is 85.6 Å². The minimum Gasteiger partial charge on any atom is -0.317 e. The van der Waals surface area contributed by atoms with Gasteiger partial charge in [-0.3, -0.25) is 9.63 Å². The van der Waals surface area contributed by atoms with Gasteiger partial charge >= 0.3 is 0 Å². The van der Waals surface area contributed by atoms with Crippen molar-refractivity contribution in [3.05, 3.63) is 0 Å². The number of hydrogen-bond acceptors (Lipinski definition) is 3. The average Bonchev–Trinajstić information content (AvgIpc) is 2.27. The summed E-state index contributed by atoms with van der Waals surface area (Å²) in [5, 5.41) is 4.59. The van der Waals surface area contributed by atoms with E-state index in [1.54, 1.807) is 7.05 Å². The monoisotopic (exact) mass is 200 g/mol. The van der Waals surface area contributed by atoms with Gasteiger partial charge in [-0.2, -0.15) is 0 Å². The van der Waals surface area contributed by atoms with Crippen LogP contribution >= 0.6 is 0 Å². The van der Waals surface area contributed by atoms with Gasteiger partial charge in [0, 0.05) is 19.0 Å². The molecule has 1 N–H and O–H groups in total. The predicted octanol–water partition coefficient (Wildman–Crippen LogP) is 0.784. The maximum atomic E-state index is 11.7. The summed E-state index contributed by atoms with van der Waals surface area (Å²) in [6.45, 7) is 0. The third-order valence-corrected chi connectivity index (χ3v) is 3.07. The van der Waals surface area contributed by atoms with E-state index in [0.717, 1.165) is 25.7 Å². The predicted molar refractivity (Wildman–Crippen MR) is 54.6 cm³/mol. The Morgan fingerprint density at radius 1 is 1.36 bits per heavy atom. The van der Waals surface area contributed by atoms with Crippen molar-refractivity contribution in [2.75, 3.05) is 21.2 Å². The molecule has 0 heterocycles. The highest BCUT2D eigenvalue weighted by atomic mass is 16.7. The lowest BCUT2D eigenvalue weighted by Gasteiger charge is -2.29. The number of nitrogens with zero attached hydrogens (tertiary/aromatic N) is 1. The average molecular weight is 200 g/mol. The van der Waals surface area contributed by atoms with Gasteiger partial charge in [0.2, 0.25) is 5.91 Å². The van der Waals surface area contributed by atoms with E-state index in [4.69, 9.17) is 4.84 Å². The van der Waals surface area contributed by atoms with Crippen molar-refractivity contribution in [2.45, 2.75) is 31.7 Å². The summed E-state index contributed by atoms with van der Waals surface area (Å²) in [7, 11) is 5.18. The molecular weight excluding hydrogens is 180 g/mol. The van der Waals surface area contributed by atoms with Crippen LogP contribution in [-0.4, -0.2) is 38.2 Å². The Hall–Kier alpha value is -0.610. The lowest BCUT2D eigenvalue weighted by Crippen LogP contribution is -2.37. The molecule has 0 bridgehead atoms. The van der Waals surface area contributed by atoms with E-state index in [9.17, 15) is 4.79 Å². The number of carbonyl (C=O) groups excluding carboxylic acids is 1. The number of rotatable bonds is 3. The van der Waals surface area contributed by atoms with Crippen molar-refractivity contribution in [2.24, 2.45) is 5.92 Å². The highest BCUT2D eigenvalue weighted by molar-refractivity contribution is 5.77. The van der Waals surface area contributed by atoms with Gasteiger partial charge in [0.25, 0.3) is 0 Å². The quantitative estimate of drug-likeness (QED) is 0.685. The Kier molecular flexibility index (Phi) is 4.35. The van der Waals surface area contributed by atoms with Crippen LogP contribution in [0.1, 0.15) is 25.7 Å². The Balaban J connectivity index is 2.37. The van der Waals surface area contributed by atoms with E-state index in [2.05, 4.69) is 5.32 Å². The molecule has 0 saturated heterocycles. The lowest BCUT2D eigenvalue weighted by atomic mass is 9.85. The van der Waals surface area contributed by atoms with Crippen molar-refractivity contribution < 1.29 is 9.63 Å². The number of nitrogens with one attached hydrogen (secondary N) is 1. The van der Waals surface area contributed by atoms with Crippen LogP contribution in [-0.2, 0) is 9.63 Å². The first kappa shape index (κ1) is 11.5. The van der Waals surface area contributed by atoms with E-state index in [-0.39, 0.29) is 11.8 Å². The zero-order valence-corrected chi connectivity index (χ0v) is 9.25. The molecule has 0 aliphatic heterocycles. The van der Waals surface area contributed by atoms with Crippen LogP contribution in [0.2, 0.25) is 0 Å². The van der Waals surface area contributed by atoms with Crippen LogP contribution < -0.4 is 5.32 Å². The Morgan fingerprint density at radius 2 is 1.93 bits per heavy atom. The van der Waals surface area contributed by atoms with Crippen LogP contribution in [0.25, 0.3) is 0 Å². The second-order valence-electron chi connectivity index (χ2n) is 3.86. The molecule has 1 saturated carbocycles. The number of hydroxylamine groups is 2. The first-order chi connectivity index (χ1) is 6.69. The lowest BCUT2D eigenvalue weighted by molar-refractivity contribution is -0.174. The summed E-state index contributed by atoms with van der Waals surface area (Å²) >= 11 is 0. The van der Waals surface area contributed by atoms with E-state index >= 15 is 0 Å². The van der Waals surface area contributed by atoms with Gasteiger partial charge in [-0.1, -0.05) is 0 Å². The maximum absolute atomic E-state index is 11.7. The molecule has 0 unspecified atom stereocenters. The second-order valence-corrected chi connectivity index (χ2v) is 3.86. The fourth-order valence-corrected chi connectivity index (χ4v) is 1.98. The summed E-state index contributed by atoms with van der Waals surface area (Å²) in [6.07, 6.45) is 4.12. The zero-order valence-electron chi connectivity index (χ0n) is 9.25. The van der Waals surface area contributed by atoms with E-state index in [0.29, 0.717) is 6.04 Å². The molecule has 0 aromatic heterocycles. The van der Waals surface area contributed by atoms with Crippen molar-refractivity contribution in [1.29, 1.82) is 0 Å². The second kappa shape index (κ2) is 5.32. The zero-order chi connectivity index (χ0) is 10.6. The third-order valence-electron chi connectivity index (χ3n) is 3.07. The molecule has 1 amide bonds. The number of hydrogen-bond donors (Lipinski definition) is 1. The molecule has 0 aromatic carbocycles. The van der Waals surface area contributed by atoms with Crippen molar-refractivity contribution in [1.82, 2.24) is 10.4 Å². The van der Waals surface area contributed by atoms with Gasteiger partial charge in [-0.25, -0.2) is 5.06 Å². The van der Waals surface area contributed by atoms with Crippen molar-refractivity contribution in [3.63, 3.8) is 0 Å². The van der Waals surface area contributed by atoms with Gasteiger partial charge in [0.1, 0.15) is 0 Å². The fourth-order valence-electron chi connectivity index (χ4n) is 1.98. The summed E-state index contributed by atoms with van der Waals surface area (Å²) in [6, 6.07) is 0.590. The molecule has 0 radical (unpaired) electrons. The largest absolute Gasteiger partial charge is 0.317 e. The molecule has 0 aromatic rings. The molecule has 0 atom stereocenters. The fraction of sp³-hybridized carbons (Fsp3) is 0.900. The first-order valence-corrected chi connectivity index (χ1v) is 5.18. The SMILES string of the molecule is CNC1CCC(C(=O)N(C)OC)CC1. The summed E-state index contributed by atoms with van der Waals surface area (Å²) in [5.41, 5.74) is 0. The standard InChI is InChI=1S/C10H20N2O2/c1-11-9-6-4-8(5-7-9)10(13)12(2)14-3/h8-9,11H,4-7H2,1-3H3.